The van der Waals surface area contributed by atoms with E-state index in [1.54, 1.807) is 0 Å². The van der Waals surface area contributed by atoms with Crippen LogP contribution in [0.15, 0.2) is 30.6 Å². The van der Waals surface area contributed by atoms with Crippen LogP contribution in [0.5, 0.6) is 0 Å². The van der Waals surface area contributed by atoms with Crippen molar-refractivity contribution < 1.29 is 19.1 Å². The zero-order valence-electron chi connectivity index (χ0n) is 9.71. The fourth-order valence-electron chi connectivity index (χ4n) is 1.58. The summed E-state index contributed by atoms with van der Waals surface area (Å²) in [5.41, 5.74) is 5.42. The zero-order chi connectivity index (χ0) is 14.0. The Kier molecular flexibility index (Phi) is 3.28. The Hall–Kier alpha value is -2.70. The summed E-state index contributed by atoms with van der Waals surface area (Å²) in [5.74, 6) is -2.31. The molecule has 0 aliphatic heterocycles. The molecule has 0 saturated heterocycles. The number of primary amides is 1. The Labute approximate surface area is 107 Å². The van der Waals surface area contributed by atoms with Crippen LogP contribution in [-0.2, 0) is 6.54 Å². The van der Waals surface area contributed by atoms with Crippen LogP contribution in [-0.4, -0.2) is 26.8 Å². The van der Waals surface area contributed by atoms with Crippen LogP contribution in [0.1, 0.15) is 26.3 Å². The summed E-state index contributed by atoms with van der Waals surface area (Å²) in [7, 11) is 0. The van der Waals surface area contributed by atoms with E-state index in [2.05, 4.69) is 5.10 Å². The topological polar surface area (TPSA) is 98.2 Å². The third-order valence-corrected chi connectivity index (χ3v) is 2.54. The van der Waals surface area contributed by atoms with Crippen molar-refractivity contribution in [2.75, 3.05) is 0 Å². The number of amides is 1. The first-order valence-corrected chi connectivity index (χ1v) is 5.31. The summed E-state index contributed by atoms with van der Waals surface area (Å²) >= 11 is 0. The molecule has 1 heterocycles. The number of carbonyl (C=O) groups excluding carboxylic acids is 1. The molecule has 2 rings (SSSR count). The number of nitrogens with zero attached hydrogens (tertiary/aromatic N) is 2. The number of carboxylic acids is 1. The minimum Gasteiger partial charge on any atom is -0.478 e. The van der Waals surface area contributed by atoms with Gasteiger partial charge in [-0.2, -0.15) is 5.10 Å². The van der Waals surface area contributed by atoms with E-state index in [0.717, 1.165) is 6.07 Å². The Balaban J connectivity index is 2.29. The summed E-state index contributed by atoms with van der Waals surface area (Å²) in [5, 5.41) is 12.7. The first-order chi connectivity index (χ1) is 8.97. The van der Waals surface area contributed by atoms with Gasteiger partial charge in [-0.3, -0.25) is 9.48 Å². The Morgan fingerprint density at radius 2 is 2.11 bits per heavy atom. The molecule has 0 aliphatic carbocycles. The largest absolute Gasteiger partial charge is 0.478 e. The monoisotopic (exact) mass is 263 g/mol. The highest BCUT2D eigenvalue weighted by molar-refractivity contribution is 5.92. The number of aromatic carboxylic acids is 1. The first-order valence-electron chi connectivity index (χ1n) is 5.31. The van der Waals surface area contributed by atoms with Crippen molar-refractivity contribution in [3.8, 4) is 0 Å². The highest BCUT2D eigenvalue weighted by Crippen LogP contribution is 2.12. The first kappa shape index (κ1) is 12.7. The third kappa shape index (κ3) is 2.76. The third-order valence-electron chi connectivity index (χ3n) is 2.54. The van der Waals surface area contributed by atoms with Crippen molar-refractivity contribution in [1.29, 1.82) is 0 Å². The van der Waals surface area contributed by atoms with Crippen LogP contribution in [0, 0.1) is 5.82 Å². The smallest absolute Gasteiger partial charge is 0.335 e. The quantitative estimate of drug-likeness (QED) is 0.854. The van der Waals surface area contributed by atoms with Crippen LogP contribution < -0.4 is 5.73 Å². The predicted octanol–water partition coefficient (Wildman–Crippen LogP) is 0.868. The van der Waals surface area contributed by atoms with E-state index < -0.39 is 17.7 Å². The molecule has 6 nitrogen and oxygen atoms in total. The summed E-state index contributed by atoms with van der Waals surface area (Å²) in [6.07, 6.45) is 2.64. The number of carbonyl (C=O) groups is 2. The van der Waals surface area contributed by atoms with Gasteiger partial charge in [-0.05, 0) is 18.2 Å². The minimum atomic E-state index is -1.14. The Bertz CT molecular complexity index is 651. The average molecular weight is 263 g/mol. The molecule has 0 unspecified atom stereocenters. The van der Waals surface area contributed by atoms with Crippen molar-refractivity contribution >= 4 is 11.9 Å². The van der Waals surface area contributed by atoms with Crippen LogP contribution in [0.3, 0.4) is 0 Å². The van der Waals surface area contributed by atoms with Crippen molar-refractivity contribution in [3.63, 3.8) is 0 Å². The average Bonchev–Trinajstić information content (AvgIpc) is 2.80. The van der Waals surface area contributed by atoms with Crippen LogP contribution in [0.4, 0.5) is 4.39 Å². The predicted molar refractivity (Wildman–Crippen MR) is 63.2 cm³/mol. The Morgan fingerprint density at radius 3 is 2.68 bits per heavy atom. The number of rotatable bonds is 4. The van der Waals surface area contributed by atoms with Gasteiger partial charge in [0.25, 0.3) is 5.91 Å². The van der Waals surface area contributed by atoms with Gasteiger partial charge in [0.15, 0.2) is 0 Å². The molecule has 3 N–H and O–H groups in total. The summed E-state index contributed by atoms with van der Waals surface area (Å²) in [6.45, 7) is 0.0141. The zero-order valence-corrected chi connectivity index (χ0v) is 9.71. The van der Waals surface area contributed by atoms with E-state index in [9.17, 15) is 14.0 Å². The lowest BCUT2D eigenvalue weighted by Gasteiger charge is -2.05. The fraction of sp³-hybridized carbons (Fsp3) is 0.0833. The molecule has 1 amide bonds. The number of halogens is 1. The van der Waals surface area contributed by atoms with Gasteiger partial charge in [0.2, 0.25) is 0 Å². The van der Waals surface area contributed by atoms with E-state index in [1.807, 2.05) is 0 Å². The molecule has 0 bridgehead atoms. The highest BCUT2D eigenvalue weighted by Gasteiger charge is 2.10. The number of hydrogen-bond donors (Lipinski definition) is 2. The van der Waals surface area contributed by atoms with Gasteiger partial charge in [0.1, 0.15) is 5.82 Å². The number of nitrogens with two attached hydrogens (primary N) is 1. The van der Waals surface area contributed by atoms with Crippen molar-refractivity contribution in [2.45, 2.75) is 6.54 Å². The lowest BCUT2D eigenvalue weighted by Crippen LogP contribution is -2.10. The number of aromatic nitrogens is 2. The van der Waals surface area contributed by atoms with E-state index in [0.29, 0.717) is 0 Å². The van der Waals surface area contributed by atoms with Crippen molar-refractivity contribution in [3.05, 3.63) is 53.1 Å². The van der Waals surface area contributed by atoms with Gasteiger partial charge in [0.05, 0.1) is 23.9 Å². The molecule has 1 aromatic carbocycles. The summed E-state index contributed by atoms with van der Waals surface area (Å²) in [4.78, 5) is 21.7. The van der Waals surface area contributed by atoms with E-state index in [-0.39, 0.29) is 23.2 Å². The molecule has 19 heavy (non-hydrogen) atoms. The molecule has 7 heteroatoms. The molecule has 98 valence electrons. The van der Waals surface area contributed by atoms with Crippen molar-refractivity contribution in [1.82, 2.24) is 9.78 Å². The molecule has 0 atom stereocenters. The molecule has 0 radical (unpaired) electrons. The van der Waals surface area contributed by atoms with E-state index >= 15 is 0 Å². The lowest BCUT2D eigenvalue weighted by atomic mass is 10.1. The van der Waals surface area contributed by atoms with Gasteiger partial charge < -0.3 is 10.8 Å². The van der Waals surface area contributed by atoms with Crippen LogP contribution in [0.2, 0.25) is 0 Å². The maximum Gasteiger partial charge on any atom is 0.335 e. The minimum absolute atomic E-state index is 0.0141. The molecule has 1 aromatic heterocycles. The lowest BCUT2D eigenvalue weighted by molar-refractivity contribution is 0.0696. The van der Waals surface area contributed by atoms with E-state index in [1.165, 1.54) is 29.2 Å². The molecule has 0 spiro atoms. The summed E-state index contributed by atoms with van der Waals surface area (Å²) < 4.78 is 14.9. The molecule has 0 saturated carbocycles. The van der Waals surface area contributed by atoms with E-state index in [4.69, 9.17) is 10.8 Å². The van der Waals surface area contributed by atoms with Gasteiger partial charge in [-0.25, -0.2) is 9.18 Å². The number of hydrogen-bond acceptors (Lipinski definition) is 3. The molecule has 0 fully saturated rings. The second-order valence-electron chi connectivity index (χ2n) is 3.90. The van der Waals surface area contributed by atoms with Gasteiger partial charge in [0, 0.05) is 11.8 Å². The van der Waals surface area contributed by atoms with Crippen LogP contribution in [0.25, 0.3) is 0 Å². The van der Waals surface area contributed by atoms with Gasteiger partial charge >= 0.3 is 5.97 Å². The maximum absolute atomic E-state index is 13.6. The second kappa shape index (κ2) is 4.89. The van der Waals surface area contributed by atoms with Gasteiger partial charge in [-0.15, -0.1) is 0 Å². The number of carboxylic acid groups (broad SMARTS) is 1. The summed E-state index contributed by atoms with van der Waals surface area (Å²) in [6, 6.07) is 3.49. The molecule has 2 aromatic rings. The molecular formula is C12H10FN3O3. The molecular weight excluding hydrogens is 253 g/mol. The number of benzene rings is 1. The second-order valence-corrected chi connectivity index (χ2v) is 3.90. The van der Waals surface area contributed by atoms with Gasteiger partial charge in [-0.1, -0.05) is 0 Å². The maximum atomic E-state index is 13.6. The standard InChI is InChI=1S/C12H10FN3O3/c13-10-2-1-7(12(18)19)3-8(10)5-16-6-9(4-15-16)11(14)17/h1-4,6H,5H2,(H2,14,17)(H,18,19). The Morgan fingerprint density at radius 1 is 1.37 bits per heavy atom. The van der Waals surface area contributed by atoms with Crippen molar-refractivity contribution in [2.24, 2.45) is 5.73 Å². The normalized spacial score (nSPS) is 10.4. The van der Waals surface area contributed by atoms with Crippen LogP contribution >= 0.6 is 0 Å². The molecule has 0 aliphatic rings. The SMILES string of the molecule is NC(=O)c1cnn(Cc2cc(C(=O)O)ccc2F)c1. The fourth-order valence-corrected chi connectivity index (χ4v) is 1.58. The highest BCUT2D eigenvalue weighted by atomic mass is 19.1.